The van der Waals surface area contributed by atoms with Gasteiger partial charge in [0.05, 0.1) is 34.3 Å². The Bertz CT molecular complexity index is 1980. The number of ether oxygens (including phenoxy) is 1. The fourth-order valence-corrected chi connectivity index (χ4v) is 8.40. The number of anilines is 1. The molecule has 7 atom stereocenters. The molecule has 1 saturated heterocycles. The SMILES string of the molecule is O=C(OC(CCCl)C(=O)c1ccc(F)cc1)c1cc(-c2ccc(N3C(=O)C4C5C=CC(C6CC56)C4C3=O)cc2)nc2ccc(Br)cc12. The van der Waals surface area contributed by atoms with E-state index < -0.39 is 23.7 Å². The van der Waals surface area contributed by atoms with Crippen molar-refractivity contribution in [2.45, 2.75) is 18.9 Å². The number of alkyl halides is 1. The number of carbonyl (C=O) groups is 4. The van der Waals surface area contributed by atoms with E-state index in [0.29, 0.717) is 39.7 Å². The predicted octanol–water partition coefficient (Wildman–Crippen LogP) is 7.40. The van der Waals surface area contributed by atoms with Gasteiger partial charge in [-0.15, -0.1) is 11.6 Å². The van der Waals surface area contributed by atoms with Crippen LogP contribution in [0.3, 0.4) is 0 Å². The number of allylic oxidation sites excluding steroid dienone is 2. The highest BCUT2D eigenvalue weighted by Gasteiger charge is 2.67. The Morgan fingerprint density at radius 3 is 2.23 bits per heavy atom. The van der Waals surface area contributed by atoms with Crippen LogP contribution in [0.25, 0.3) is 22.2 Å². The van der Waals surface area contributed by atoms with Crippen molar-refractivity contribution < 1.29 is 28.3 Å². The number of imide groups is 1. The van der Waals surface area contributed by atoms with Crippen molar-refractivity contribution in [1.29, 1.82) is 0 Å². The molecule has 47 heavy (non-hydrogen) atoms. The molecule has 0 N–H and O–H groups in total. The lowest BCUT2D eigenvalue weighted by Gasteiger charge is -2.37. The molecule has 4 aromatic rings. The van der Waals surface area contributed by atoms with Crippen LogP contribution < -0.4 is 4.90 Å². The molecule has 3 fully saturated rings. The third kappa shape index (κ3) is 5.02. The smallest absolute Gasteiger partial charge is 0.339 e. The number of benzene rings is 3. The van der Waals surface area contributed by atoms with Gasteiger partial charge in [0.1, 0.15) is 5.82 Å². The second-order valence-corrected chi connectivity index (χ2v) is 14.0. The first-order valence-corrected chi connectivity index (χ1v) is 16.9. The van der Waals surface area contributed by atoms with E-state index in [9.17, 15) is 23.6 Å². The minimum atomic E-state index is -1.18. The predicted molar refractivity (Wildman–Crippen MR) is 177 cm³/mol. The molecule has 1 aliphatic heterocycles. The Morgan fingerprint density at radius 1 is 0.936 bits per heavy atom. The van der Waals surface area contributed by atoms with Crippen molar-refractivity contribution in [3.63, 3.8) is 0 Å². The maximum absolute atomic E-state index is 13.7. The first kappa shape index (κ1) is 30.1. The third-order valence-electron chi connectivity index (χ3n) is 10.1. The van der Waals surface area contributed by atoms with Crippen LogP contribution in [0.5, 0.6) is 0 Å². The summed E-state index contributed by atoms with van der Waals surface area (Å²) in [7, 11) is 0. The molecule has 9 rings (SSSR count). The largest absolute Gasteiger partial charge is 0.450 e. The van der Waals surface area contributed by atoms with Gasteiger partial charge in [0.15, 0.2) is 6.10 Å². The van der Waals surface area contributed by atoms with Gasteiger partial charge < -0.3 is 4.74 Å². The number of Topliss-reactive ketones (excluding diaryl/α,β-unsaturated/α-hetero) is 1. The van der Waals surface area contributed by atoms with Crippen LogP contribution in [0.1, 0.15) is 33.6 Å². The van der Waals surface area contributed by atoms with Crippen LogP contribution in [0.15, 0.2) is 89.4 Å². The zero-order valence-corrected chi connectivity index (χ0v) is 27.2. The van der Waals surface area contributed by atoms with Gasteiger partial charge in [-0.1, -0.05) is 40.2 Å². The number of rotatable bonds is 8. The summed E-state index contributed by atoms with van der Waals surface area (Å²) in [5, 5.41) is 0.515. The Hall–Kier alpha value is -4.21. The molecule has 3 aromatic carbocycles. The maximum atomic E-state index is 13.7. The van der Waals surface area contributed by atoms with Crippen LogP contribution in [-0.2, 0) is 14.3 Å². The lowest BCUT2D eigenvalue weighted by Crippen LogP contribution is -2.40. The van der Waals surface area contributed by atoms with Gasteiger partial charge in [-0.3, -0.25) is 19.3 Å². The number of hydrogen-bond acceptors (Lipinski definition) is 6. The molecule has 7 unspecified atom stereocenters. The minimum absolute atomic E-state index is 0.0631. The van der Waals surface area contributed by atoms with Crippen LogP contribution in [-0.4, -0.2) is 40.5 Å². The van der Waals surface area contributed by atoms with Gasteiger partial charge in [0, 0.05) is 33.3 Å². The quantitative estimate of drug-likeness (QED) is 0.0622. The number of fused-ring (bicyclic) bond motifs is 1. The summed E-state index contributed by atoms with van der Waals surface area (Å²) in [4.78, 5) is 60.3. The van der Waals surface area contributed by atoms with Crippen molar-refractivity contribution in [2.24, 2.45) is 35.5 Å². The lowest BCUT2D eigenvalue weighted by molar-refractivity contribution is -0.124. The Labute approximate surface area is 282 Å². The molecule has 2 saturated carbocycles. The van der Waals surface area contributed by atoms with Gasteiger partial charge in [0.2, 0.25) is 17.6 Å². The number of hydrogen-bond donors (Lipinski definition) is 0. The van der Waals surface area contributed by atoms with Crippen LogP contribution in [0, 0.1) is 41.3 Å². The molecule has 2 bridgehead atoms. The maximum Gasteiger partial charge on any atom is 0.339 e. The topological polar surface area (TPSA) is 93.6 Å². The zero-order valence-electron chi connectivity index (χ0n) is 24.8. The number of nitrogens with zero attached hydrogens (tertiary/aromatic N) is 2. The van der Waals surface area contributed by atoms with Crippen molar-refractivity contribution in [2.75, 3.05) is 10.8 Å². The van der Waals surface area contributed by atoms with E-state index in [1.54, 1.807) is 42.5 Å². The van der Waals surface area contributed by atoms with Crippen molar-refractivity contribution >= 4 is 67.7 Å². The van der Waals surface area contributed by atoms with Gasteiger partial charge in [-0.2, -0.15) is 0 Å². The molecule has 0 spiro atoms. The number of aromatic nitrogens is 1. The molecular formula is C37H27BrClFN2O5. The molecule has 0 radical (unpaired) electrons. The molecule has 10 heteroatoms. The second kappa shape index (κ2) is 11.5. The van der Waals surface area contributed by atoms with Crippen LogP contribution in [0.2, 0.25) is 0 Å². The zero-order chi connectivity index (χ0) is 32.6. The van der Waals surface area contributed by atoms with Gasteiger partial charge in [-0.05, 0) is 90.8 Å². The van der Waals surface area contributed by atoms with E-state index in [4.69, 9.17) is 21.3 Å². The Balaban J connectivity index is 1.09. The monoisotopic (exact) mass is 712 g/mol. The highest BCUT2D eigenvalue weighted by molar-refractivity contribution is 9.10. The summed E-state index contributed by atoms with van der Waals surface area (Å²) in [5.74, 6) is -1.13. The number of amides is 2. The average Bonchev–Trinajstić information content (AvgIpc) is 3.86. The molecule has 5 aliphatic rings. The van der Waals surface area contributed by atoms with Crippen molar-refractivity contribution in [3.05, 3.63) is 106 Å². The molecular weight excluding hydrogens is 687 g/mol. The molecule has 2 heterocycles. The van der Waals surface area contributed by atoms with Crippen LogP contribution in [0.4, 0.5) is 10.1 Å². The Morgan fingerprint density at radius 2 is 1.60 bits per heavy atom. The first-order valence-electron chi connectivity index (χ1n) is 15.6. The van der Waals surface area contributed by atoms with Gasteiger partial charge >= 0.3 is 5.97 Å². The number of halogens is 3. The van der Waals surface area contributed by atoms with Crippen molar-refractivity contribution in [1.82, 2.24) is 4.98 Å². The molecule has 236 valence electrons. The van der Waals surface area contributed by atoms with Gasteiger partial charge in [0.25, 0.3) is 0 Å². The molecule has 2 amide bonds. The van der Waals surface area contributed by atoms with Gasteiger partial charge in [-0.25, -0.2) is 14.2 Å². The lowest BCUT2D eigenvalue weighted by atomic mass is 9.63. The summed E-state index contributed by atoms with van der Waals surface area (Å²) in [5.41, 5.74) is 2.55. The Kier molecular flexibility index (Phi) is 7.37. The van der Waals surface area contributed by atoms with E-state index >= 15 is 0 Å². The molecule has 4 aliphatic carbocycles. The highest BCUT2D eigenvalue weighted by atomic mass is 79.9. The third-order valence-corrected chi connectivity index (χ3v) is 10.8. The average molecular weight is 714 g/mol. The van der Waals surface area contributed by atoms with Crippen molar-refractivity contribution in [3.8, 4) is 11.3 Å². The van der Waals surface area contributed by atoms with E-state index in [1.165, 1.54) is 29.2 Å². The summed E-state index contributed by atoms with van der Waals surface area (Å²) in [6.45, 7) is 0. The summed E-state index contributed by atoms with van der Waals surface area (Å²) in [6, 6.07) is 19.0. The number of carbonyl (C=O) groups excluding carboxylic acids is 4. The summed E-state index contributed by atoms with van der Waals surface area (Å²) >= 11 is 9.43. The fourth-order valence-electron chi connectivity index (χ4n) is 7.84. The summed E-state index contributed by atoms with van der Waals surface area (Å²) in [6.07, 6.45) is 4.30. The molecule has 7 nitrogen and oxygen atoms in total. The van der Waals surface area contributed by atoms with E-state index in [0.717, 1.165) is 10.9 Å². The highest BCUT2D eigenvalue weighted by Crippen LogP contribution is 2.65. The second-order valence-electron chi connectivity index (χ2n) is 12.7. The number of pyridine rings is 1. The first-order chi connectivity index (χ1) is 22.7. The number of esters is 1. The van der Waals surface area contributed by atoms with Crippen LogP contribution >= 0.6 is 27.5 Å². The normalized spacial score (nSPS) is 25.9. The minimum Gasteiger partial charge on any atom is -0.450 e. The standard InChI is InChI=1S/C37H27BrClFN2O5/c38-20-5-12-29-27(15-20)28(37(46)47-31(13-14-39)34(43)19-1-6-21(40)7-2-19)17-30(41-29)18-3-8-22(9-4-18)42-35(44)32-23-10-11-24(26-16-25(23)26)33(32)36(42)45/h1-12,15,17,23-26,31-33H,13-14,16H2. The van der Waals surface area contributed by atoms with E-state index in [1.807, 2.05) is 6.07 Å². The van der Waals surface area contributed by atoms with E-state index in [2.05, 4.69) is 28.1 Å². The summed E-state index contributed by atoms with van der Waals surface area (Å²) < 4.78 is 19.9. The number of ketones is 1. The fraction of sp³-hybridized carbons (Fsp3) is 0.270. The molecule has 1 aromatic heterocycles. The van der Waals surface area contributed by atoms with E-state index in [-0.39, 0.29) is 58.9 Å².